The van der Waals surface area contributed by atoms with Gasteiger partial charge in [-0.25, -0.2) is 4.98 Å². The molecule has 1 aromatic rings. The Balaban J connectivity index is 2.02. The lowest BCUT2D eigenvalue weighted by Gasteiger charge is -2.35. The van der Waals surface area contributed by atoms with Crippen LogP contribution in [-0.4, -0.2) is 29.1 Å². The van der Waals surface area contributed by atoms with Crippen LogP contribution in [0.2, 0.25) is 5.15 Å². The number of hydrogen-bond acceptors (Lipinski definition) is 4. The molecule has 1 saturated carbocycles. The van der Waals surface area contributed by atoms with Gasteiger partial charge in [-0.3, -0.25) is 4.79 Å². The fourth-order valence-electron chi connectivity index (χ4n) is 2.68. The van der Waals surface area contributed by atoms with Gasteiger partial charge in [0.2, 0.25) is 0 Å². The number of nitrogen functional groups attached to an aromatic ring is 1. The maximum Gasteiger partial charge on any atom is 0.254 e. The first kappa shape index (κ1) is 15.1. The number of aromatic nitrogens is 1. The summed E-state index contributed by atoms with van der Waals surface area (Å²) in [5.41, 5.74) is 6.09. The third-order valence-corrected chi connectivity index (χ3v) is 4.28. The van der Waals surface area contributed by atoms with Crippen LogP contribution in [-0.2, 0) is 0 Å². The van der Waals surface area contributed by atoms with Crippen LogP contribution in [0.15, 0.2) is 12.3 Å². The van der Waals surface area contributed by atoms with Crippen LogP contribution in [0.25, 0.3) is 0 Å². The number of rotatable bonds is 4. The molecule has 1 aliphatic carbocycles. The Hall–Kier alpha value is -1.33. The molecule has 0 unspecified atom stereocenters. The number of anilines is 1. The van der Waals surface area contributed by atoms with E-state index in [0.717, 1.165) is 25.7 Å². The van der Waals surface area contributed by atoms with Gasteiger partial charge in [0.25, 0.3) is 5.91 Å². The lowest BCUT2D eigenvalue weighted by atomic mass is 9.74. The van der Waals surface area contributed by atoms with E-state index in [4.69, 9.17) is 17.3 Å². The van der Waals surface area contributed by atoms with Crippen LogP contribution in [0.4, 0.5) is 5.69 Å². The summed E-state index contributed by atoms with van der Waals surface area (Å²) in [7, 11) is 0. The van der Waals surface area contributed by atoms with Gasteiger partial charge in [0, 0.05) is 12.0 Å². The number of nitrogens with two attached hydrogens (primary N) is 1. The molecule has 1 amide bonds. The van der Waals surface area contributed by atoms with Gasteiger partial charge in [-0.05, 0) is 18.9 Å². The van der Waals surface area contributed by atoms with Crippen molar-refractivity contribution in [2.45, 2.75) is 32.1 Å². The summed E-state index contributed by atoms with van der Waals surface area (Å²) in [6, 6.07) is 1.51. The number of amides is 1. The summed E-state index contributed by atoms with van der Waals surface area (Å²) < 4.78 is 0. The maximum atomic E-state index is 12.1. The molecule has 20 heavy (non-hydrogen) atoms. The smallest absolute Gasteiger partial charge is 0.254 e. The fourth-order valence-corrected chi connectivity index (χ4v) is 2.87. The normalized spacial score (nSPS) is 17.7. The second-order valence-electron chi connectivity index (χ2n) is 5.51. The number of halogens is 1. The summed E-state index contributed by atoms with van der Waals surface area (Å²) in [4.78, 5) is 16.0. The van der Waals surface area contributed by atoms with Gasteiger partial charge in [-0.2, -0.15) is 0 Å². The van der Waals surface area contributed by atoms with Gasteiger partial charge in [0.15, 0.2) is 0 Å². The summed E-state index contributed by atoms with van der Waals surface area (Å²) in [5.74, 6) is -0.298. The maximum absolute atomic E-state index is 12.1. The lowest BCUT2D eigenvalue weighted by Crippen LogP contribution is -2.41. The molecule has 1 aromatic heterocycles. The van der Waals surface area contributed by atoms with E-state index in [1.54, 1.807) is 0 Å². The minimum Gasteiger partial charge on any atom is -0.397 e. The second kappa shape index (κ2) is 6.41. The second-order valence-corrected chi connectivity index (χ2v) is 5.87. The summed E-state index contributed by atoms with van der Waals surface area (Å²) in [6.45, 7) is 0.545. The van der Waals surface area contributed by atoms with Crippen LogP contribution >= 0.6 is 11.6 Å². The molecule has 6 heteroatoms. The van der Waals surface area contributed by atoms with Gasteiger partial charge < -0.3 is 16.2 Å². The first-order valence-electron chi connectivity index (χ1n) is 6.86. The van der Waals surface area contributed by atoms with E-state index >= 15 is 0 Å². The molecule has 1 heterocycles. The molecule has 0 aliphatic heterocycles. The molecule has 1 aliphatic rings. The van der Waals surface area contributed by atoms with Crippen molar-refractivity contribution >= 4 is 23.2 Å². The molecule has 0 atom stereocenters. The number of carbonyl (C=O) groups is 1. The molecule has 0 spiro atoms. The molecular formula is C14H20ClN3O2. The van der Waals surface area contributed by atoms with Crippen molar-refractivity contribution in [2.75, 3.05) is 18.9 Å². The largest absolute Gasteiger partial charge is 0.397 e. The van der Waals surface area contributed by atoms with Crippen molar-refractivity contribution in [3.63, 3.8) is 0 Å². The molecule has 110 valence electrons. The molecule has 1 fully saturated rings. The molecule has 0 aromatic carbocycles. The number of hydrogen-bond donors (Lipinski definition) is 3. The zero-order chi connectivity index (χ0) is 14.6. The third kappa shape index (κ3) is 3.41. The van der Waals surface area contributed by atoms with Crippen LogP contribution in [0.1, 0.15) is 42.5 Å². The molecule has 5 nitrogen and oxygen atoms in total. The number of carbonyl (C=O) groups excluding carboxylic acids is 1. The standard InChI is InChI=1S/C14H20ClN3O2/c15-12-11(6-10(16)7-17-12)13(20)18-8-14(9-19)4-2-1-3-5-14/h6-7,19H,1-5,8-9,16H2,(H,18,20). The van der Waals surface area contributed by atoms with Crippen molar-refractivity contribution in [1.82, 2.24) is 10.3 Å². The Kier molecular flexibility index (Phi) is 4.83. The molecular weight excluding hydrogens is 278 g/mol. The fraction of sp³-hybridized carbons (Fsp3) is 0.571. The van der Waals surface area contributed by atoms with Crippen LogP contribution in [0.3, 0.4) is 0 Å². The number of aliphatic hydroxyl groups excluding tert-OH is 1. The highest BCUT2D eigenvalue weighted by atomic mass is 35.5. The van der Waals surface area contributed by atoms with Crippen LogP contribution < -0.4 is 11.1 Å². The van der Waals surface area contributed by atoms with E-state index in [2.05, 4.69) is 10.3 Å². The highest BCUT2D eigenvalue weighted by Crippen LogP contribution is 2.35. The lowest BCUT2D eigenvalue weighted by molar-refractivity contribution is 0.0718. The average Bonchev–Trinajstić information content (AvgIpc) is 2.48. The van der Waals surface area contributed by atoms with Gasteiger partial charge in [0.1, 0.15) is 5.15 Å². The van der Waals surface area contributed by atoms with Crippen molar-refractivity contribution in [1.29, 1.82) is 0 Å². The monoisotopic (exact) mass is 297 g/mol. The third-order valence-electron chi connectivity index (χ3n) is 3.98. The van der Waals surface area contributed by atoms with Crippen LogP contribution in [0, 0.1) is 5.41 Å². The molecule has 2 rings (SSSR count). The Morgan fingerprint density at radius 2 is 2.15 bits per heavy atom. The van der Waals surface area contributed by atoms with Gasteiger partial charge >= 0.3 is 0 Å². The van der Waals surface area contributed by atoms with Crippen molar-refractivity contribution < 1.29 is 9.90 Å². The Bertz CT molecular complexity index is 487. The molecule has 0 saturated heterocycles. The van der Waals surface area contributed by atoms with Gasteiger partial charge in [-0.1, -0.05) is 30.9 Å². The predicted molar refractivity (Wildman–Crippen MR) is 78.6 cm³/mol. The van der Waals surface area contributed by atoms with Crippen molar-refractivity contribution in [2.24, 2.45) is 5.41 Å². The van der Waals surface area contributed by atoms with E-state index in [1.165, 1.54) is 18.7 Å². The first-order valence-corrected chi connectivity index (χ1v) is 7.24. The van der Waals surface area contributed by atoms with Crippen LogP contribution in [0.5, 0.6) is 0 Å². The van der Waals surface area contributed by atoms with E-state index in [1.807, 2.05) is 0 Å². The quantitative estimate of drug-likeness (QED) is 0.742. The average molecular weight is 298 g/mol. The SMILES string of the molecule is Nc1cnc(Cl)c(C(=O)NCC2(CO)CCCCC2)c1. The molecule has 4 N–H and O–H groups in total. The van der Waals surface area contributed by atoms with Crippen molar-refractivity contribution in [3.8, 4) is 0 Å². The van der Waals surface area contributed by atoms with E-state index in [0.29, 0.717) is 12.2 Å². The number of pyridine rings is 1. The first-order chi connectivity index (χ1) is 9.56. The number of nitrogens with zero attached hydrogens (tertiary/aromatic N) is 1. The number of nitrogens with one attached hydrogen (secondary N) is 1. The zero-order valence-corrected chi connectivity index (χ0v) is 12.1. The minimum atomic E-state index is -0.298. The van der Waals surface area contributed by atoms with E-state index in [-0.39, 0.29) is 28.6 Å². The Morgan fingerprint density at radius 3 is 2.80 bits per heavy atom. The predicted octanol–water partition coefficient (Wildman–Crippen LogP) is 1.99. The van der Waals surface area contributed by atoms with Gasteiger partial charge in [-0.15, -0.1) is 0 Å². The summed E-state index contributed by atoms with van der Waals surface area (Å²) in [5, 5.41) is 12.6. The highest BCUT2D eigenvalue weighted by molar-refractivity contribution is 6.32. The minimum absolute atomic E-state index is 0.0934. The van der Waals surface area contributed by atoms with Crippen molar-refractivity contribution in [3.05, 3.63) is 23.0 Å². The Labute approximate surface area is 123 Å². The topological polar surface area (TPSA) is 88.2 Å². The molecule has 0 bridgehead atoms. The van der Waals surface area contributed by atoms with E-state index in [9.17, 15) is 9.90 Å². The zero-order valence-electron chi connectivity index (χ0n) is 11.4. The highest BCUT2D eigenvalue weighted by Gasteiger charge is 2.32. The number of aliphatic hydroxyl groups is 1. The summed E-state index contributed by atoms with van der Waals surface area (Å²) in [6.07, 6.45) is 6.67. The summed E-state index contributed by atoms with van der Waals surface area (Å²) >= 11 is 5.90. The van der Waals surface area contributed by atoms with Gasteiger partial charge in [0.05, 0.1) is 24.1 Å². The van der Waals surface area contributed by atoms with E-state index < -0.39 is 0 Å². The Morgan fingerprint density at radius 1 is 1.45 bits per heavy atom. The molecule has 0 radical (unpaired) electrons.